The molecule has 5 N–H and O–H groups in total. The monoisotopic (exact) mass is 352 g/mol. The highest BCUT2D eigenvalue weighted by atomic mass is 32.2. The van der Waals surface area contributed by atoms with E-state index in [0.717, 1.165) is 12.0 Å². The molecule has 4 atom stereocenters. The molecule has 2 heterocycles. The summed E-state index contributed by atoms with van der Waals surface area (Å²) < 4.78 is -0.591. The minimum atomic E-state index is -1.01. The van der Waals surface area contributed by atoms with Gasteiger partial charge in [-0.3, -0.25) is 9.59 Å². The quantitative estimate of drug-likeness (QED) is 0.466. The molecule has 0 bridgehead atoms. The number of carboxylic acid groups (broad SMARTS) is 1. The topological polar surface area (TPSA) is 114 Å². The van der Waals surface area contributed by atoms with Crippen molar-refractivity contribution in [3.05, 3.63) is 23.8 Å². The predicted molar refractivity (Wildman–Crippen MR) is 88.8 cm³/mol. The fourth-order valence-corrected chi connectivity index (χ4v) is 5.10. The van der Waals surface area contributed by atoms with Crippen LogP contribution in [0.5, 0.6) is 0 Å². The van der Waals surface area contributed by atoms with Gasteiger partial charge in [0, 0.05) is 4.75 Å². The summed E-state index contributed by atoms with van der Waals surface area (Å²) in [5, 5.41) is 11.8. The van der Waals surface area contributed by atoms with Crippen molar-refractivity contribution < 1.29 is 25.2 Å². The third-order valence-corrected chi connectivity index (χ3v) is 6.34. The summed E-state index contributed by atoms with van der Waals surface area (Å²) in [7, 11) is 0. The number of carboxylic acids is 1. The third kappa shape index (κ3) is 2.63. The summed E-state index contributed by atoms with van der Waals surface area (Å²) in [4.78, 5) is 37.6. The standard InChI is InChI=1S/C16H21N3O4S/c1-16(2)11(15(22)23)19-13(21)10(14(19)24-16)18-12(20)9(17)8-6-4-3-5-7-8/h3-4,7,9-11,14H,5-6,17H2,1-2H3,(H,18,20)(H,22,23)/p+1/t9-,10-,11+,14-/m1/s1. The third-order valence-electron chi connectivity index (χ3n) is 4.77. The highest BCUT2D eigenvalue weighted by molar-refractivity contribution is 8.01. The van der Waals surface area contributed by atoms with Crippen LogP contribution in [0.2, 0.25) is 0 Å². The number of β-lactam (4-membered cyclic amide) rings is 1. The summed E-state index contributed by atoms with van der Waals surface area (Å²) in [6, 6.07) is -2.07. The number of nitrogens with zero attached hydrogens (tertiary/aromatic N) is 1. The maximum atomic E-state index is 12.4. The van der Waals surface area contributed by atoms with Crippen LogP contribution < -0.4 is 11.1 Å². The smallest absolute Gasteiger partial charge is 0.327 e. The minimum absolute atomic E-state index is 0.285. The number of nitrogens with one attached hydrogen (secondary N) is 1. The molecule has 2 saturated heterocycles. The van der Waals surface area contributed by atoms with E-state index in [9.17, 15) is 19.5 Å². The summed E-state index contributed by atoms with van der Waals surface area (Å²) in [6.07, 6.45) is 7.50. The van der Waals surface area contributed by atoms with E-state index in [1.54, 1.807) is 0 Å². The number of carbonyl (C=O) groups is 3. The first-order chi connectivity index (χ1) is 11.2. The zero-order valence-corrected chi connectivity index (χ0v) is 14.5. The number of fused-ring (bicyclic) bond motifs is 1. The van der Waals surface area contributed by atoms with Gasteiger partial charge in [0.1, 0.15) is 17.5 Å². The molecule has 0 aromatic rings. The van der Waals surface area contributed by atoms with Crippen molar-refractivity contribution in [2.45, 2.75) is 54.9 Å². The second kappa shape index (κ2) is 5.93. The zero-order chi connectivity index (χ0) is 17.6. The fraction of sp³-hybridized carbons (Fsp3) is 0.562. The number of quaternary nitrogens is 1. The second-order valence-electron chi connectivity index (χ2n) is 6.83. The van der Waals surface area contributed by atoms with Gasteiger partial charge in [-0.25, -0.2) is 4.79 Å². The van der Waals surface area contributed by atoms with Crippen LogP contribution in [-0.4, -0.2) is 56.0 Å². The highest BCUT2D eigenvalue weighted by Crippen LogP contribution is 2.50. The summed E-state index contributed by atoms with van der Waals surface area (Å²) >= 11 is 1.42. The van der Waals surface area contributed by atoms with E-state index in [1.807, 2.05) is 32.1 Å². The van der Waals surface area contributed by atoms with E-state index < -0.39 is 28.8 Å². The lowest BCUT2D eigenvalue weighted by atomic mass is 9.95. The normalized spacial score (nSPS) is 31.8. The fourth-order valence-electron chi connectivity index (χ4n) is 3.47. The van der Waals surface area contributed by atoms with E-state index in [0.29, 0.717) is 6.42 Å². The molecular weight excluding hydrogens is 330 g/mol. The largest absolute Gasteiger partial charge is 0.480 e. The number of hydrogen-bond donors (Lipinski definition) is 3. The van der Waals surface area contributed by atoms with Gasteiger partial charge in [0.15, 0.2) is 6.04 Å². The van der Waals surface area contributed by atoms with E-state index >= 15 is 0 Å². The predicted octanol–water partition coefficient (Wildman–Crippen LogP) is -0.495. The Morgan fingerprint density at radius 1 is 1.46 bits per heavy atom. The number of amides is 2. The number of rotatable bonds is 4. The molecule has 2 fully saturated rings. The molecule has 0 aromatic carbocycles. The Labute approximate surface area is 144 Å². The van der Waals surface area contributed by atoms with Gasteiger partial charge in [0.05, 0.1) is 0 Å². The number of allylic oxidation sites excluding steroid dienone is 3. The number of thioether (sulfide) groups is 1. The van der Waals surface area contributed by atoms with E-state index in [-0.39, 0.29) is 17.2 Å². The zero-order valence-electron chi connectivity index (χ0n) is 13.7. The molecule has 0 spiro atoms. The van der Waals surface area contributed by atoms with Crippen molar-refractivity contribution >= 4 is 29.5 Å². The van der Waals surface area contributed by atoms with E-state index in [1.165, 1.54) is 16.7 Å². The van der Waals surface area contributed by atoms with Crippen molar-refractivity contribution in [1.82, 2.24) is 10.2 Å². The van der Waals surface area contributed by atoms with Gasteiger partial charge >= 0.3 is 5.97 Å². The first kappa shape index (κ1) is 17.0. The van der Waals surface area contributed by atoms with Gasteiger partial charge in [0.2, 0.25) is 5.91 Å². The first-order valence-electron chi connectivity index (χ1n) is 7.94. The van der Waals surface area contributed by atoms with Crippen molar-refractivity contribution in [3.63, 3.8) is 0 Å². The van der Waals surface area contributed by atoms with Crippen LogP contribution in [0.15, 0.2) is 23.8 Å². The number of carbonyl (C=O) groups excluding carboxylic acids is 2. The Kier molecular flexibility index (Phi) is 4.21. The molecule has 7 nitrogen and oxygen atoms in total. The Hall–Kier alpha value is -1.80. The van der Waals surface area contributed by atoms with Crippen LogP contribution in [0.1, 0.15) is 26.7 Å². The lowest BCUT2D eigenvalue weighted by Gasteiger charge is -2.43. The average molecular weight is 352 g/mol. The Bertz CT molecular complexity index is 658. The lowest BCUT2D eigenvalue weighted by molar-refractivity contribution is -0.392. The van der Waals surface area contributed by atoms with Gasteiger partial charge in [-0.2, -0.15) is 0 Å². The van der Waals surface area contributed by atoms with Crippen LogP contribution in [-0.2, 0) is 14.4 Å². The Morgan fingerprint density at radius 3 is 2.75 bits per heavy atom. The van der Waals surface area contributed by atoms with Gasteiger partial charge in [-0.15, -0.1) is 11.8 Å². The molecule has 130 valence electrons. The second-order valence-corrected chi connectivity index (χ2v) is 8.60. The summed E-state index contributed by atoms with van der Waals surface area (Å²) in [5.41, 5.74) is 4.86. The molecule has 1 aliphatic carbocycles. The van der Waals surface area contributed by atoms with Crippen molar-refractivity contribution in [2.75, 3.05) is 0 Å². The van der Waals surface area contributed by atoms with Crippen LogP contribution in [0, 0.1) is 0 Å². The molecule has 8 heteroatoms. The van der Waals surface area contributed by atoms with Gasteiger partial charge in [-0.1, -0.05) is 18.2 Å². The van der Waals surface area contributed by atoms with Gasteiger partial charge in [-0.05, 0) is 32.3 Å². The molecule has 3 rings (SSSR count). The number of aliphatic carboxylic acids is 1. The van der Waals surface area contributed by atoms with Crippen molar-refractivity contribution in [3.8, 4) is 0 Å². The molecule has 24 heavy (non-hydrogen) atoms. The summed E-state index contributed by atoms with van der Waals surface area (Å²) in [5.74, 6) is -1.63. The van der Waals surface area contributed by atoms with Crippen LogP contribution in [0.4, 0.5) is 0 Å². The van der Waals surface area contributed by atoms with Crippen molar-refractivity contribution in [2.24, 2.45) is 0 Å². The SMILES string of the molecule is CC1(C)S[C@@H]2[C@H](NC(=O)[C@H]([NH3+])C3=CCC=CC3)C(=O)N2[C@H]1C(=O)O. The average Bonchev–Trinajstić information content (AvgIpc) is 2.80. The molecule has 0 aromatic heterocycles. The Morgan fingerprint density at radius 2 is 2.17 bits per heavy atom. The first-order valence-corrected chi connectivity index (χ1v) is 8.82. The maximum absolute atomic E-state index is 12.4. The molecular formula is C16H22N3O4S+. The molecule has 0 saturated carbocycles. The van der Waals surface area contributed by atoms with E-state index in [4.69, 9.17) is 0 Å². The molecule has 0 radical (unpaired) electrons. The van der Waals surface area contributed by atoms with Gasteiger partial charge in [0.25, 0.3) is 5.91 Å². The minimum Gasteiger partial charge on any atom is -0.480 e. The van der Waals surface area contributed by atoms with Crippen LogP contribution >= 0.6 is 11.8 Å². The maximum Gasteiger partial charge on any atom is 0.327 e. The molecule has 2 aliphatic heterocycles. The van der Waals surface area contributed by atoms with Crippen molar-refractivity contribution in [1.29, 1.82) is 0 Å². The Balaban J connectivity index is 1.68. The van der Waals surface area contributed by atoms with E-state index in [2.05, 4.69) is 11.1 Å². The van der Waals surface area contributed by atoms with Gasteiger partial charge < -0.3 is 21.1 Å². The number of hydrogen-bond acceptors (Lipinski definition) is 4. The van der Waals surface area contributed by atoms with Crippen LogP contribution in [0.25, 0.3) is 0 Å². The molecule has 3 aliphatic rings. The molecule has 0 unspecified atom stereocenters. The molecule has 2 amide bonds. The lowest BCUT2D eigenvalue weighted by Crippen LogP contribution is -2.75. The van der Waals surface area contributed by atoms with Crippen LogP contribution in [0.3, 0.4) is 0 Å². The summed E-state index contributed by atoms with van der Waals surface area (Å²) in [6.45, 7) is 3.62. The highest BCUT2D eigenvalue weighted by Gasteiger charge is 2.64.